The normalized spacial score (nSPS) is 10.9. The predicted octanol–water partition coefficient (Wildman–Crippen LogP) is 4.36. The minimum Gasteiger partial charge on any atom is -0.508 e. The molecule has 1 aromatic heterocycles. The molecule has 2 N–H and O–H groups in total. The van der Waals surface area contributed by atoms with Crippen molar-refractivity contribution in [3.8, 4) is 17.0 Å². The van der Waals surface area contributed by atoms with Crippen LogP contribution in [0.25, 0.3) is 22.0 Å². The van der Waals surface area contributed by atoms with Crippen molar-refractivity contribution in [2.75, 3.05) is 0 Å². The number of nitrogens with zero attached hydrogens (tertiary/aromatic N) is 1. The highest BCUT2D eigenvalue weighted by Gasteiger charge is 2.12. The summed E-state index contributed by atoms with van der Waals surface area (Å²) in [6.07, 6.45) is 0.321. The van der Waals surface area contributed by atoms with Crippen LogP contribution in [0.15, 0.2) is 72.8 Å². The van der Waals surface area contributed by atoms with Gasteiger partial charge in [-0.2, -0.15) is 5.10 Å². The van der Waals surface area contributed by atoms with Crippen LogP contribution in [0.3, 0.4) is 0 Å². The molecule has 0 saturated carbocycles. The van der Waals surface area contributed by atoms with Gasteiger partial charge in [0.2, 0.25) is 0 Å². The third kappa shape index (κ3) is 3.15. The molecule has 4 aromatic rings. The summed E-state index contributed by atoms with van der Waals surface area (Å²) in [5.41, 5.74) is 2.99. The van der Waals surface area contributed by atoms with E-state index in [9.17, 15) is 9.90 Å². The second-order valence-electron chi connectivity index (χ2n) is 6.00. The number of phenolic OH excluding ortho intramolecular Hbond substituents is 1. The minimum atomic E-state index is -0.00666. The lowest BCUT2D eigenvalue weighted by atomic mass is 10.0. The van der Waals surface area contributed by atoms with Crippen molar-refractivity contribution in [3.63, 3.8) is 0 Å². The lowest BCUT2D eigenvalue weighted by molar-refractivity contribution is 0.0988. The third-order valence-electron chi connectivity index (χ3n) is 4.22. The van der Waals surface area contributed by atoms with E-state index < -0.39 is 0 Å². The molecule has 4 rings (SSSR count). The van der Waals surface area contributed by atoms with Gasteiger partial charge in [0, 0.05) is 12.0 Å². The van der Waals surface area contributed by atoms with Crippen LogP contribution >= 0.6 is 0 Å². The molecule has 4 heteroatoms. The lowest BCUT2D eigenvalue weighted by Crippen LogP contribution is -2.04. The van der Waals surface area contributed by atoms with Crippen molar-refractivity contribution in [2.45, 2.75) is 6.42 Å². The van der Waals surface area contributed by atoms with E-state index in [1.54, 1.807) is 30.3 Å². The first-order valence-corrected chi connectivity index (χ1v) is 8.05. The van der Waals surface area contributed by atoms with Crippen LogP contribution in [0.1, 0.15) is 16.1 Å². The summed E-state index contributed by atoms with van der Waals surface area (Å²) in [5.74, 6) is 0.194. The van der Waals surface area contributed by atoms with Gasteiger partial charge in [0.25, 0.3) is 0 Å². The fourth-order valence-electron chi connectivity index (χ4n) is 2.87. The number of nitrogens with one attached hydrogen (secondary N) is 1. The van der Waals surface area contributed by atoms with Crippen LogP contribution in [0, 0.1) is 0 Å². The maximum absolute atomic E-state index is 12.5. The van der Waals surface area contributed by atoms with E-state index in [1.165, 1.54) is 0 Å². The van der Waals surface area contributed by atoms with Gasteiger partial charge in [-0.05, 0) is 46.7 Å². The Balaban J connectivity index is 1.55. The summed E-state index contributed by atoms with van der Waals surface area (Å²) in [7, 11) is 0. The zero-order chi connectivity index (χ0) is 17.2. The molecule has 122 valence electrons. The van der Waals surface area contributed by atoms with E-state index in [-0.39, 0.29) is 11.5 Å². The van der Waals surface area contributed by atoms with Gasteiger partial charge in [-0.15, -0.1) is 0 Å². The number of H-pyrrole nitrogens is 1. The number of Topliss-reactive ketones (excluding diaryl/α,β-unsaturated/α-hetero) is 1. The monoisotopic (exact) mass is 328 g/mol. The number of fused-ring (bicyclic) bond motifs is 1. The molecule has 0 atom stereocenters. The van der Waals surface area contributed by atoms with E-state index >= 15 is 0 Å². The lowest BCUT2D eigenvalue weighted by Gasteiger charge is -2.02. The summed E-state index contributed by atoms with van der Waals surface area (Å²) in [5, 5.41) is 18.7. The molecule has 25 heavy (non-hydrogen) atoms. The number of rotatable bonds is 4. The topological polar surface area (TPSA) is 66.0 Å². The number of hydrogen-bond acceptors (Lipinski definition) is 3. The zero-order valence-electron chi connectivity index (χ0n) is 13.4. The second kappa shape index (κ2) is 6.24. The van der Waals surface area contributed by atoms with Gasteiger partial charge in [0.05, 0.1) is 5.69 Å². The SMILES string of the molecule is O=C(Cc1ccc2ccccc2c1)c1cc(-c2ccc(O)cc2)n[nH]1. The van der Waals surface area contributed by atoms with Gasteiger partial charge in [0.1, 0.15) is 11.4 Å². The number of carbonyl (C=O) groups is 1. The first-order valence-electron chi connectivity index (χ1n) is 8.05. The van der Waals surface area contributed by atoms with Crippen molar-refractivity contribution in [2.24, 2.45) is 0 Å². The number of carbonyl (C=O) groups excluding carboxylic acids is 1. The van der Waals surface area contributed by atoms with E-state index in [0.717, 1.165) is 21.9 Å². The van der Waals surface area contributed by atoms with Gasteiger partial charge < -0.3 is 5.11 Å². The summed E-state index contributed by atoms with van der Waals surface area (Å²) in [6.45, 7) is 0. The van der Waals surface area contributed by atoms with E-state index in [1.807, 2.05) is 36.4 Å². The Morgan fingerprint density at radius 2 is 1.68 bits per heavy atom. The van der Waals surface area contributed by atoms with Gasteiger partial charge in [-0.3, -0.25) is 9.89 Å². The minimum absolute atomic E-state index is 0.00666. The van der Waals surface area contributed by atoms with Crippen molar-refractivity contribution in [3.05, 3.63) is 84.1 Å². The molecule has 0 aliphatic heterocycles. The highest BCUT2D eigenvalue weighted by atomic mass is 16.3. The number of benzene rings is 3. The van der Waals surface area contributed by atoms with Gasteiger partial charge in [-0.1, -0.05) is 42.5 Å². The van der Waals surface area contributed by atoms with Crippen LogP contribution in [-0.4, -0.2) is 21.1 Å². The Hall–Kier alpha value is -3.40. The van der Waals surface area contributed by atoms with Crippen molar-refractivity contribution in [1.82, 2.24) is 10.2 Å². The maximum atomic E-state index is 12.5. The van der Waals surface area contributed by atoms with Crippen LogP contribution in [-0.2, 0) is 6.42 Å². The molecule has 1 heterocycles. The Morgan fingerprint density at radius 3 is 2.48 bits per heavy atom. The largest absolute Gasteiger partial charge is 0.508 e. The molecule has 0 bridgehead atoms. The molecule has 0 amide bonds. The second-order valence-corrected chi connectivity index (χ2v) is 6.00. The Labute approximate surface area is 144 Å². The molecule has 4 nitrogen and oxygen atoms in total. The predicted molar refractivity (Wildman–Crippen MR) is 97.7 cm³/mol. The highest BCUT2D eigenvalue weighted by Crippen LogP contribution is 2.21. The summed E-state index contributed by atoms with van der Waals surface area (Å²) >= 11 is 0. The Kier molecular flexibility index (Phi) is 3.78. The number of phenols is 1. The van der Waals surface area contributed by atoms with E-state index in [4.69, 9.17) is 0 Å². The van der Waals surface area contributed by atoms with Crippen LogP contribution in [0.5, 0.6) is 5.75 Å². The molecule has 0 unspecified atom stereocenters. The van der Waals surface area contributed by atoms with Crippen LogP contribution < -0.4 is 0 Å². The quantitative estimate of drug-likeness (QED) is 0.547. The molecule has 0 spiro atoms. The van der Waals surface area contributed by atoms with Crippen LogP contribution in [0.4, 0.5) is 0 Å². The molecule has 3 aromatic carbocycles. The molecule has 0 aliphatic carbocycles. The fraction of sp³-hybridized carbons (Fsp3) is 0.0476. The first kappa shape index (κ1) is 15.1. The first-order chi connectivity index (χ1) is 12.2. The van der Waals surface area contributed by atoms with Crippen molar-refractivity contribution >= 4 is 16.6 Å². The molecule has 0 saturated heterocycles. The average Bonchev–Trinajstić information content (AvgIpc) is 3.12. The molecular formula is C21H16N2O2. The molecule has 0 radical (unpaired) electrons. The number of aromatic nitrogens is 2. The van der Waals surface area contributed by atoms with Crippen LogP contribution in [0.2, 0.25) is 0 Å². The van der Waals surface area contributed by atoms with Gasteiger partial charge >= 0.3 is 0 Å². The number of aromatic hydroxyl groups is 1. The van der Waals surface area contributed by atoms with Gasteiger partial charge in [-0.25, -0.2) is 0 Å². The summed E-state index contributed by atoms with van der Waals surface area (Å²) < 4.78 is 0. The van der Waals surface area contributed by atoms with E-state index in [0.29, 0.717) is 17.8 Å². The number of hydrogen-bond donors (Lipinski definition) is 2. The van der Waals surface area contributed by atoms with Crippen molar-refractivity contribution < 1.29 is 9.90 Å². The zero-order valence-corrected chi connectivity index (χ0v) is 13.4. The van der Waals surface area contributed by atoms with Gasteiger partial charge in [0.15, 0.2) is 5.78 Å². The summed E-state index contributed by atoms with van der Waals surface area (Å²) in [6, 6.07) is 22.6. The smallest absolute Gasteiger partial charge is 0.184 e. The van der Waals surface area contributed by atoms with E-state index in [2.05, 4.69) is 16.3 Å². The van der Waals surface area contributed by atoms with Crippen molar-refractivity contribution in [1.29, 1.82) is 0 Å². The molecule has 0 aliphatic rings. The summed E-state index contributed by atoms with van der Waals surface area (Å²) in [4.78, 5) is 12.5. The third-order valence-corrected chi connectivity index (χ3v) is 4.22. The molecule has 0 fully saturated rings. The average molecular weight is 328 g/mol. The Bertz CT molecular complexity index is 1050. The fourth-order valence-corrected chi connectivity index (χ4v) is 2.87. The Morgan fingerprint density at radius 1 is 0.920 bits per heavy atom. The molecular weight excluding hydrogens is 312 g/mol. The number of aromatic amines is 1. The maximum Gasteiger partial charge on any atom is 0.184 e. The standard InChI is InChI=1S/C21H16N2O2/c24-18-9-7-16(8-10-18)19-13-20(23-22-19)21(25)12-14-5-6-15-3-1-2-4-17(15)11-14/h1-11,13,24H,12H2,(H,22,23). The highest BCUT2D eigenvalue weighted by molar-refractivity contribution is 5.97. The number of ketones is 1.